The molecular formula is C14H22ClNO2. The minimum absolute atomic E-state index is 0.114. The summed E-state index contributed by atoms with van der Waals surface area (Å²) in [5.41, 5.74) is 7.26. The predicted octanol–water partition coefficient (Wildman–Crippen LogP) is 3.79. The van der Waals surface area contributed by atoms with Gasteiger partial charge in [0, 0.05) is 17.1 Å². The lowest BCUT2D eigenvalue weighted by atomic mass is 9.86. The second kappa shape index (κ2) is 5.81. The molecule has 0 heterocycles. The normalized spacial score (nSPS) is 13.3. The molecule has 1 aromatic carbocycles. The Hall–Kier alpha value is -0.930. The molecule has 0 spiro atoms. The van der Waals surface area contributed by atoms with Crippen LogP contribution in [0.25, 0.3) is 0 Å². The molecule has 1 aromatic rings. The Labute approximate surface area is 114 Å². The van der Waals surface area contributed by atoms with Crippen molar-refractivity contribution in [1.82, 2.24) is 0 Å². The Bertz CT molecular complexity index is 413. The minimum atomic E-state index is -0.114. The van der Waals surface area contributed by atoms with Crippen molar-refractivity contribution in [2.75, 3.05) is 14.2 Å². The lowest BCUT2D eigenvalue weighted by Crippen LogP contribution is -2.19. The molecule has 4 heteroatoms. The average Bonchev–Trinajstić information content (AvgIpc) is 2.26. The molecule has 1 unspecified atom stereocenters. The van der Waals surface area contributed by atoms with Crippen molar-refractivity contribution in [3.05, 3.63) is 22.7 Å². The summed E-state index contributed by atoms with van der Waals surface area (Å²) >= 11 is 6.25. The van der Waals surface area contributed by atoms with Gasteiger partial charge in [0.2, 0.25) is 0 Å². The fourth-order valence-electron chi connectivity index (χ4n) is 1.92. The fraction of sp³-hybridized carbons (Fsp3) is 0.571. The van der Waals surface area contributed by atoms with Crippen molar-refractivity contribution in [2.45, 2.75) is 33.2 Å². The zero-order valence-electron chi connectivity index (χ0n) is 11.7. The summed E-state index contributed by atoms with van der Waals surface area (Å²) in [5, 5.41) is 0.615. The van der Waals surface area contributed by atoms with Crippen LogP contribution < -0.4 is 15.2 Å². The molecule has 0 fully saturated rings. The zero-order valence-corrected chi connectivity index (χ0v) is 12.5. The summed E-state index contributed by atoms with van der Waals surface area (Å²) in [6, 6.07) is 3.49. The summed E-state index contributed by atoms with van der Waals surface area (Å²) in [5.74, 6) is 1.27. The van der Waals surface area contributed by atoms with Crippen LogP contribution in [0.1, 0.15) is 38.8 Å². The molecular weight excluding hydrogens is 250 g/mol. The topological polar surface area (TPSA) is 44.5 Å². The van der Waals surface area contributed by atoms with E-state index in [9.17, 15) is 0 Å². The van der Waals surface area contributed by atoms with E-state index in [0.29, 0.717) is 16.5 Å². The van der Waals surface area contributed by atoms with Gasteiger partial charge in [-0.15, -0.1) is 0 Å². The van der Waals surface area contributed by atoms with Gasteiger partial charge in [0.15, 0.2) is 11.5 Å². The van der Waals surface area contributed by atoms with Gasteiger partial charge in [-0.05, 0) is 23.5 Å². The van der Waals surface area contributed by atoms with E-state index in [-0.39, 0.29) is 11.5 Å². The first kappa shape index (κ1) is 15.1. The Balaban J connectivity index is 3.09. The Kier molecular flexibility index (Phi) is 4.88. The van der Waals surface area contributed by atoms with Crippen LogP contribution in [0.4, 0.5) is 0 Å². The number of benzene rings is 1. The molecule has 0 aliphatic heterocycles. The van der Waals surface area contributed by atoms with E-state index in [4.69, 9.17) is 26.8 Å². The second-order valence-corrected chi connectivity index (χ2v) is 6.01. The van der Waals surface area contributed by atoms with Crippen molar-refractivity contribution in [3.63, 3.8) is 0 Å². The van der Waals surface area contributed by atoms with Gasteiger partial charge in [0.05, 0.1) is 14.2 Å². The predicted molar refractivity (Wildman–Crippen MR) is 75.6 cm³/mol. The first-order valence-electron chi connectivity index (χ1n) is 5.95. The van der Waals surface area contributed by atoms with Crippen LogP contribution in [0.5, 0.6) is 11.5 Å². The maximum absolute atomic E-state index is 6.25. The van der Waals surface area contributed by atoms with Gasteiger partial charge in [0.25, 0.3) is 0 Å². The van der Waals surface area contributed by atoms with Crippen LogP contribution in [0.2, 0.25) is 5.02 Å². The third kappa shape index (κ3) is 3.79. The first-order chi connectivity index (χ1) is 8.28. The first-order valence-corrected chi connectivity index (χ1v) is 6.33. The monoisotopic (exact) mass is 271 g/mol. The molecule has 1 rings (SSSR count). The molecule has 0 amide bonds. The van der Waals surface area contributed by atoms with Crippen LogP contribution in [-0.4, -0.2) is 14.2 Å². The molecule has 0 aliphatic rings. The van der Waals surface area contributed by atoms with E-state index < -0.39 is 0 Å². The molecule has 0 saturated carbocycles. The van der Waals surface area contributed by atoms with Crippen molar-refractivity contribution in [2.24, 2.45) is 11.1 Å². The van der Waals surface area contributed by atoms with E-state index >= 15 is 0 Å². The number of hydrogen-bond donors (Lipinski definition) is 1. The summed E-state index contributed by atoms with van der Waals surface area (Å²) in [7, 11) is 3.19. The molecule has 0 aromatic heterocycles. The van der Waals surface area contributed by atoms with Crippen molar-refractivity contribution in [3.8, 4) is 11.5 Å². The second-order valence-electron chi connectivity index (χ2n) is 5.60. The molecule has 2 N–H and O–H groups in total. The van der Waals surface area contributed by atoms with Crippen LogP contribution in [-0.2, 0) is 0 Å². The van der Waals surface area contributed by atoms with Gasteiger partial charge in [-0.3, -0.25) is 0 Å². The standard InChI is InChI=1S/C14H22ClNO2/c1-14(2,3)8-11(16)9-6-12(17-4)13(18-5)7-10(9)15/h6-7,11H,8,16H2,1-5H3. The van der Waals surface area contributed by atoms with E-state index in [1.807, 2.05) is 6.07 Å². The summed E-state index contributed by atoms with van der Waals surface area (Å²) in [6.45, 7) is 6.46. The van der Waals surface area contributed by atoms with E-state index in [2.05, 4.69) is 20.8 Å². The van der Waals surface area contributed by atoms with Crippen molar-refractivity contribution < 1.29 is 9.47 Å². The number of nitrogens with two attached hydrogens (primary N) is 1. The highest BCUT2D eigenvalue weighted by atomic mass is 35.5. The largest absolute Gasteiger partial charge is 0.493 e. The summed E-state index contributed by atoms with van der Waals surface area (Å²) < 4.78 is 10.5. The van der Waals surface area contributed by atoms with Gasteiger partial charge in [-0.2, -0.15) is 0 Å². The third-order valence-electron chi connectivity index (χ3n) is 2.73. The highest BCUT2D eigenvalue weighted by Gasteiger charge is 2.20. The molecule has 3 nitrogen and oxygen atoms in total. The smallest absolute Gasteiger partial charge is 0.162 e. The Morgan fingerprint density at radius 3 is 2.11 bits per heavy atom. The van der Waals surface area contributed by atoms with Crippen LogP contribution in [0.15, 0.2) is 12.1 Å². The summed E-state index contributed by atoms with van der Waals surface area (Å²) in [4.78, 5) is 0. The molecule has 0 radical (unpaired) electrons. The number of rotatable bonds is 4. The fourth-order valence-corrected chi connectivity index (χ4v) is 2.22. The lowest BCUT2D eigenvalue weighted by molar-refractivity contribution is 0.338. The maximum Gasteiger partial charge on any atom is 0.162 e. The Morgan fingerprint density at radius 2 is 1.67 bits per heavy atom. The van der Waals surface area contributed by atoms with Crippen LogP contribution >= 0.6 is 11.6 Å². The summed E-state index contributed by atoms with van der Waals surface area (Å²) in [6.07, 6.45) is 0.849. The van der Waals surface area contributed by atoms with Crippen molar-refractivity contribution >= 4 is 11.6 Å². The Morgan fingerprint density at radius 1 is 1.17 bits per heavy atom. The average molecular weight is 272 g/mol. The van der Waals surface area contributed by atoms with E-state index in [0.717, 1.165) is 12.0 Å². The zero-order chi connectivity index (χ0) is 13.9. The van der Waals surface area contributed by atoms with Gasteiger partial charge in [0.1, 0.15) is 0 Å². The minimum Gasteiger partial charge on any atom is -0.493 e. The lowest BCUT2D eigenvalue weighted by Gasteiger charge is -2.24. The maximum atomic E-state index is 6.25. The molecule has 0 saturated heterocycles. The molecule has 0 aliphatic carbocycles. The third-order valence-corrected chi connectivity index (χ3v) is 3.06. The van der Waals surface area contributed by atoms with Gasteiger partial charge < -0.3 is 15.2 Å². The molecule has 0 bridgehead atoms. The van der Waals surface area contributed by atoms with E-state index in [1.54, 1.807) is 20.3 Å². The van der Waals surface area contributed by atoms with Gasteiger partial charge in [-0.1, -0.05) is 32.4 Å². The van der Waals surface area contributed by atoms with Crippen LogP contribution in [0.3, 0.4) is 0 Å². The van der Waals surface area contributed by atoms with Gasteiger partial charge in [-0.25, -0.2) is 0 Å². The number of methoxy groups -OCH3 is 2. The highest BCUT2D eigenvalue weighted by molar-refractivity contribution is 6.31. The quantitative estimate of drug-likeness (QED) is 0.906. The highest BCUT2D eigenvalue weighted by Crippen LogP contribution is 2.38. The van der Waals surface area contributed by atoms with E-state index in [1.165, 1.54) is 0 Å². The van der Waals surface area contributed by atoms with Gasteiger partial charge >= 0.3 is 0 Å². The molecule has 1 atom stereocenters. The number of hydrogen-bond acceptors (Lipinski definition) is 3. The SMILES string of the molecule is COc1cc(Cl)c(C(N)CC(C)(C)C)cc1OC. The number of ether oxygens (including phenoxy) is 2. The molecule has 18 heavy (non-hydrogen) atoms. The number of halogens is 1. The molecule has 102 valence electrons. The van der Waals surface area contributed by atoms with Crippen molar-refractivity contribution in [1.29, 1.82) is 0 Å². The van der Waals surface area contributed by atoms with Crippen LogP contribution in [0, 0.1) is 5.41 Å².